The number of allylic oxidation sites excluding steroid dienone is 4. The van der Waals surface area contributed by atoms with Gasteiger partial charge in [-0.15, -0.1) is 0 Å². The van der Waals surface area contributed by atoms with Crippen LogP contribution in [0.25, 0.3) is 0 Å². The van der Waals surface area contributed by atoms with Crippen LogP contribution in [0.2, 0.25) is 0 Å². The Morgan fingerprint density at radius 3 is 2.63 bits per heavy atom. The average molecular weight is 377 g/mol. The van der Waals surface area contributed by atoms with Crippen LogP contribution in [-0.2, 0) is 5.41 Å². The average Bonchev–Trinajstić information content (AvgIpc) is 2.83. The van der Waals surface area contributed by atoms with Gasteiger partial charge in [-0.05, 0) is 0 Å². The van der Waals surface area contributed by atoms with E-state index in [-0.39, 0.29) is 5.41 Å². The van der Waals surface area contributed by atoms with Crippen LogP contribution >= 0.6 is 11.8 Å². The monoisotopic (exact) mass is 378 g/mol. The Hall–Kier alpha value is -0.151. The Kier molecular flexibility index (Phi) is 5.24. The molecule has 1 aliphatic rings. The summed E-state index contributed by atoms with van der Waals surface area (Å²) < 4.78 is 1.64. The molecule has 2 heteroatoms. The Morgan fingerprint density at radius 2 is 2.00 bits per heavy atom. The van der Waals surface area contributed by atoms with E-state index in [1.807, 2.05) is 11.8 Å². The summed E-state index contributed by atoms with van der Waals surface area (Å²) in [7, 11) is 0. The van der Waals surface area contributed by atoms with E-state index in [1.165, 1.54) is 51.6 Å². The minimum atomic E-state index is 0.138. The Balaban J connectivity index is 2.40. The molecule has 0 amide bonds. The Morgan fingerprint density at radius 1 is 1.26 bits per heavy atom. The molecule has 1 aromatic carbocycles. The van der Waals surface area contributed by atoms with Gasteiger partial charge in [-0.2, -0.15) is 0 Å². The molecule has 0 spiro atoms. The third-order valence-corrected chi connectivity index (χ3v) is 6.50. The molecule has 1 aliphatic carbocycles. The molecule has 2 rings (SSSR count). The van der Waals surface area contributed by atoms with E-state index < -0.39 is 0 Å². The molecule has 100 valence electrons. The maximum absolute atomic E-state index is 2.37. The second kappa shape index (κ2) is 6.53. The first-order valence-corrected chi connectivity index (χ1v) is 9.58. The first kappa shape index (κ1) is 15.2. The first-order valence-electron chi connectivity index (χ1n) is 6.95. The van der Waals surface area contributed by atoms with E-state index in [1.54, 1.807) is 9.16 Å². The van der Waals surface area contributed by atoms with Gasteiger partial charge in [0.2, 0.25) is 0 Å². The summed E-state index contributed by atoms with van der Waals surface area (Å²) in [5.74, 6) is 1.20. The molecular weight excluding hydrogens is 355 g/mol. The molecule has 2 radical (unpaired) electrons. The van der Waals surface area contributed by atoms with Crippen LogP contribution in [0.1, 0.15) is 39.2 Å². The Bertz CT molecular complexity index is 512. The van der Waals surface area contributed by atoms with Crippen LogP contribution in [0, 0.1) is 0 Å². The summed E-state index contributed by atoms with van der Waals surface area (Å²) in [5, 5.41) is 0. The van der Waals surface area contributed by atoms with Gasteiger partial charge >= 0.3 is 135 Å². The fraction of sp³-hybridized carbons (Fsp3) is 0.412. The topological polar surface area (TPSA) is 0 Å². The standard InChI is InChI=1S/C17H21S.Sn.H/c1-4-13-18-16-12-8-7-11-15(16)17(2,3)14-9-5-6-10-14;;/h5,7-9,11-12H,4,6,13H2,1-3H3;;. The van der Waals surface area contributed by atoms with Crippen molar-refractivity contribution in [2.45, 2.75) is 43.9 Å². The van der Waals surface area contributed by atoms with E-state index in [9.17, 15) is 0 Å². The van der Waals surface area contributed by atoms with E-state index in [0.717, 1.165) is 0 Å². The van der Waals surface area contributed by atoms with Crippen LogP contribution < -0.4 is 0 Å². The molecule has 0 unspecified atom stereocenters. The summed E-state index contributed by atoms with van der Waals surface area (Å²) in [6.45, 7) is 7.00. The molecule has 19 heavy (non-hydrogen) atoms. The summed E-state index contributed by atoms with van der Waals surface area (Å²) in [6, 6.07) is 8.93. The van der Waals surface area contributed by atoms with Crippen LogP contribution in [0.4, 0.5) is 0 Å². The summed E-state index contributed by atoms with van der Waals surface area (Å²) in [6.07, 6.45) is 7.07. The predicted molar refractivity (Wildman–Crippen MR) is 88.4 cm³/mol. The molecule has 0 nitrogen and oxygen atoms in total. The molecule has 0 saturated heterocycles. The quantitative estimate of drug-likeness (QED) is 0.535. The summed E-state index contributed by atoms with van der Waals surface area (Å²) in [5.41, 5.74) is 3.18. The van der Waals surface area contributed by atoms with Crippen molar-refractivity contribution in [3.05, 3.63) is 51.1 Å². The van der Waals surface area contributed by atoms with Crippen molar-refractivity contribution in [2.24, 2.45) is 0 Å². The van der Waals surface area contributed by atoms with E-state index in [0.29, 0.717) is 0 Å². The van der Waals surface area contributed by atoms with Crippen molar-refractivity contribution < 1.29 is 0 Å². The van der Waals surface area contributed by atoms with Crippen molar-refractivity contribution in [3.63, 3.8) is 0 Å². The molecule has 0 saturated carbocycles. The maximum atomic E-state index is 2.37. The van der Waals surface area contributed by atoms with Crippen molar-refractivity contribution in [1.82, 2.24) is 0 Å². The van der Waals surface area contributed by atoms with Crippen molar-refractivity contribution >= 4 is 34.3 Å². The van der Waals surface area contributed by atoms with E-state index in [2.05, 4.69) is 57.2 Å². The van der Waals surface area contributed by atoms with Gasteiger partial charge in [0.15, 0.2) is 0 Å². The third kappa shape index (κ3) is 3.30. The zero-order valence-electron chi connectivity index (χ0n) is 12.1. The second-order valence-corrected chi connectivity index (χ2v) is 8.64. The number of benzene rings is 1. The number of hydrogen-bond acceptors (Lipinski definition) is 1. The predicted octanol–water partition coefficient (Wildman–Crippen LogP) is 4.58. The molecular formula is C17H22SSn. The fourth-order valence-electron chi connectivity index (χ4n) is 2.60. The van der Waals surface area contributed by atoms with Crippen molar-refractivity contribution in [3.8, 4) is 0 Å². The molecule has 0 aromatic heterocycles. The minimum absolute atomic E-state index is 0.138. The van der Waals surface area contributed by atoms with Crippen LogP contribution in [0.5, 0.6) is 0 Å². The van der Waals surface area contributed by atoms with Gasteiger partial charge in [-0.25, -0.2) is 0 Å². The molecule has 0 fully saturated rings. The molecule has 0 atom stereocenters. The van der Waals surface area contributed by atoms with Crippen LogP contribution in [-0.4, -0.2) is 28.3 Å². The van der Waals surface area contributed by atoms with Gasteiger partial charge in [0.25, 0.3) is 0 Å². The van der Waals surface area contributed by atoms with E-state index in [4.69, 9.17) is 0 Å². The fourth-order valence-corrected chi connectivity index (χ4v) is 5.37. The first-order chi connectivity index (χ1) is 9.07. The number of rotatable bonds is 5. The van der Waals surface area contributed by atoms with Crippen LogP contribution in [0.3, 0.4) is 0 Å². The normalized spacial score (nSPS) is 15.4. The summed E-state index contributed by atoms with van der Waals surface area (Å²) in [4.78, 5) is 1.45. The summed E-state index contributed by atoms with van der Waals surface area (Å²) >= 11 is 3.25. The third-order valence-electron chi connectivity index (χ3n) is 3.66. The number of thioether (sulfide) groups is 1. The molecule has 0 bridgehead atoms. The molecule has 0 heterocycles. The van der Waals surface area contributed by atoms with Crippen molar-refractivity contribution in [1.29, 1.82) is 0 Å². The molecule has 0 N–H and O–H groups in total. The van der Waals surface area contributed by atoms with Gasteiger partial charge < -0.3 is 0 Å². The van der Waals surface area contributed by atoms with Gasteiger partial charge in [0, 0.05) is 0 Å². The van der Waals surface area contributed by atoms with Gasteiger partial charge in [0.1, 0.15) is 0 Å². The molecule has 0 aliphatic heterocycles. The zero-order valence-corrected chi connectivity index (χ0v) is 16.2. The van der Waals surface area contributed by atoms with E-state index >= 15 is 0 Å². The SMILES string of the molecule is CCCSc1ccccc1C(C)(C)C1=[C]([SnH])CC=C1. The van der Waals surface area contributed by atoms with Gasteiger partial charge in [-0.3, -0.25) is 0 Å². The van der Waals surface area contributed by atoms with Gasteiger partial charge in [0.05, 0.1) is 0 Å². The second-order valence-electron chi connectivity index (χ2n) is 5.52. The Labute approximate surface area is 134 Å². The van der Waals surface area contributed by atoms with Crippen LogP contribution in [0.15, 0.2) is 50.5 Å². The van der Waals surface area contributed by atoms with Gasteiger partial charge in [-0.1, -0.05) is 0 Å². The van der Waals surface area contributed by atoms with Crippen molar-refractivity contribution in [2.75, 3.05) is 5.75 Å². The number of hydrogen-bond donors (Lipinski definition) is 0. The zero-order chi connectivity index (χ0) is 13.9. The molecule has 1 aromatic rings.